The summed E-state index contributed by atoms with van der Waals surface area (Å²) in [4.78, 5) is 12.4. The second kappa shape index (κ2) is 7.08. The number of anilines is 1. The third-order valence-electron chi connectivity index (χ3n) is 4.53. The van der Waals surface area contributed by atoms with E-state index in [2.05, 4.69) is 56.5 Å². The number of carbonyl (C=O) groups is 1. The van der Waals surface area contributed by atoms with E-state index in [1.165, 1.54) is 18.4 Å². The van der Waals surface area contributed by atoms with E-state index >= 15 is 0 Å². The van der Waals surface area contributed by atoms with Crippen LogP contribution in [0.25, 0.3) is 0 Å². The molecule has 1 heterocycles. The third kappa shape index (κ3) is 4.07. The second-order valence-electron chi connectivity index (χ2n) is 6.63. The summed E-state index contributed by atoms with van der Waals surface area (Å²) in [5.41, 5.74) is 3.35. The Morgan fingerprint density at radius 2 is 2.19 bits per heavy atom. The number of nitrogens with one attached hydrogen (secondary N) is 2. The Hall–Kier alpha value is -1.35. The van der Waals surface area contributed by atoms with Gasteiger partial charge in [-0.3, -0.25) is 4.79 Å². The first-order chi connectivity index (χ1) is 9.99. The largest absolute Gasteiger partial charge is 0.326 e. The van der Waals surface area contributed by atoms with Crippen molar-refractivity contribution in [3.63, 3.8) is 0 Å². The van der Waals surface area contributed by atoms with Gasteiger partial charge < -0.3 is 10.6 Å². The van der Waals surface area contributed by atoms with Crippen LogP contribution < -0.4 is 10.6 Å². The van der Waals surface area contributed by atoms with Gasteiger partial charge in [0, 0.05) is 18.2 Å². The topological polar surface area (TPSA) is 41.1 Å². The maximum atomic E-state index is 12.4. The average Bonchev–Trinajstić information content (AvgIpc) is 2.43. The summed E-state index contributed by atoms with van der Waals surface area (Å²) < 4.78 is 0. The zero-order valence-electron chi connectivity index (χ0n) is 13.7. The van der Waals surface area contributed by atoms with Crippen molar-refractivity contribution < 1.29 is 4.79 Å². The molecule has 1 saturated heterocycles. The minimum absolute atomic E-state index is 0.123. The van der Waals surface area contributed by atoms with Crippen LogP contribution in [0.5, 0.6) is 0 Å². The van der Waals surface area contributed by atoms with Gasteiger partial charge in [-0.1, -0.05) is 39.0 Å². The van der Waals surface area contributed by atoms with E-state index in [-0.39, 0.29) is 5.91 Å². The fraction of sp³-hybridized carbons (Fsp3) is 0.611. The summed E-state index contributed by atoms with van der Waals surface area (Å²) in [6.07, 6.45) is 2.99. The Labute approximate surface area is 128 Å². The molecule has 1 aromatic rings. The molecule has 1 amide bonds. The Bertz CT molecular complexity index is 496. The number of amides is 1. The van der Waals surface area contributed by atoms with E-state index in [4.69, 9.17) is 0 Å². The van der Waals surface area contributed by atoms with Crippen LogP contribution in [0, 0.1) is 12.8 Å². The summed E-state index contributed by atoms with van der Waals surface area (Å²) >= 11 is 0. The molecule has 0 spiro atoms. The highest BCUT2D eigenvalue weighted by Gasteiger charge is 2.23. The van der Waals surface area contributed by atoms with Gasteiger partial charge in [0.15, 0.2) is 0 Å². The molecule has 1 fully saturated rings. The lowest BCUT2D eigenvalue weighted by atomic mass is 9.90. The quantitative estimate of drug-likeness (QED) is 0.884. The molecule has 1 aliphatic rings. The summed E-state index contributed by atoms with van der Waals surface area (Å²) in [5, 5.41) is 6.63. The van der Waals surface area contributed by atoms with Crippen LogP contribution in [-0.2, 0) is 4.79 Å². The van der Waals surface area contributed by atoms with Crippen LogP contribution in [0.15, 0.2) is 18.2 Å². The van der Waals surface area contributed by atoms with Crippen molar-refractivity contribution in [3.8, 4) is 0 Å². The Kier molecular flexibility index (Phi) is 5.40. The minimum atomic E-state index is 0.123. The molecule has 0 aliphatic carbocycles. The molecule has 0 aromatic heterocycles. The van der Waals surface area contributed by atoms with Gasteiger partial charge in [0.1, 0.15) is 0 Å². The van der Waals surface area contributed by atoms with E-state index < -0.39 is 0 Å². The lowest BCUT2D eigenvalue weighted by Gasteiger charge is -2.29. The van der Waals surface area contributed by atoms with E-state index in [0.29, 0.717) is 24.3 Å². The molecule has 2 rings (SSSR count). The molecular weight excluding hydrogens is 260 g/mol. The SMILES string of the molecule is Cc1cccc(C(C)C)c1NC(=O)CC1NCCCC1C. The fourth-order valence-corrected chi connectivity index (χ4v) is 3.12. The molecule has 0 bridgehead atoms. The number of rotatable bonds is 4. The first-order valence-corrected chi connectivity index (χ1v) is 8.11. The van der Waals surface area contributed by atoms with Gasteiger partial charge in [-0.15, -0.1) is 0 Å². The van der Waals surface area contributed by atoms with E-state index in [0.717, 1.165) is 17.8 Å². The molecule has 1 aromatic carbocycles. The highest BCUT2D eigenvalue weighted by atomic mass is 16.1. The Balaban J connectivity index is 2.06. The molecule has 2 atom stereocenters. The monoisotopic (exact) mass is 288 g/mol. The van der Waals surface area contributed by atoms with Crippen molar-refractivity contribution in [2.75, 3.05) is 11.9 Å². The van der Waals surface area contributed by atoms with Gasteiger partial charge in [-0.25, -0.2) is 0 Å². The van der Waals surface area contributed by atoms with Crippen LogP contribution in [0.2, 0.25) is 0 Å². The van der Waals surface area contributed by atoms with Crippen molar-refractivity contribution >= 4 is 11.6 Å². The van der Waals surface area contributed by atoms with Crippen LogP contribution >= 0.6 is 0 Å². The van der Waals surface area contributed by atoms with Crippen molar-refractivity contribution in [1.29, 1.82) is 0 Å². The first kappa shape index (κ1) is 16.0. The normalized spacial score (nSPS) is 22.3. The summed E-state index contributed by atoms with van der Waals surface area (Å²) in [5.74, 6) is 1.11. The van der Waals surface area contributed by atoms with Crippen molar-refractivity contribution in [2.45, 2.75) is 58.9 Å². The van der Waals surface area contributed by atoms with Crippen LogP contribution in [0.3, 0.4) is 0 Å². The summed E-state index contributed by atoms with van der Waals surface area (Å²) in [6.45, 7) is 9.65. The van der Waals surface area contributed by atoms with Crippen LogP contribution in [0.1, 0.15) is 57.1 Å². The van der Waals surface area contributed by atoms with Gasteiger partial charge in [0.2, 0.25) is 5.91 Å². The molecule has 3 nitrogen and oxygen atoms in total. The van der Waals surface area contributed by atoms with Gasteiger partial charge in [0.25, 0.3) is 0 Å². The average molecular weight is 288 g/mol. The zero-order valence-corrected chi connectivity index (χ0v) is 13.7. The van der Waals surface area contributed by atoms with E-state index in [1.807, 2.05) is 0 Å². The maximum Gasteiger partial charge on any atom is 0.225 e. The first-order valence-electron chi connectivity index (χ1n) is 8.11. The molecular formula is C18H28N2O. The van der Waals surface area contributed by atoms with Crippen molar-refractivity contribution in [2.24, 2.45) is 5.92 Å². The van der Waals surface area contributed by atoms with Gasteiger partial charge in [-0.2, -0.15) is 0 Å². The summed E-state index contributed by atoms with van der Waals surface area (Å²) in [7, 11) is 0. The standard InChI is InChI=1S/C18H28N2O/c1-12(2)15-9-5-7-14(4)18(15)20-17(21)11-16-13(3)8-6-10-19-16/h5,7,9,12-13,16,19H,6,8,10-11H2,1-4H3,(H,20,21). The molecule has 116 valence electrons. The molecule has 0 radical (unpaired) electrons. The van der Waals surface area contributed by atoms with Crippen molar-refractivity contribution in [3.05, 3.63) is 29.3 Å². The second-order valence-corrected chi connectivity index (χ2v) is 6.63. The lowest BCUT2D eigenvalue weighted by Crippen LogP contribution is -2.42. The zero-order chi connectivity index (χ0) is 15.4. The molecule has 2 N–H and O–H groups in total. The maximum absolute atomic E-state index is 12.4. The smallest absolute Gasteiger partial charge is 0.225 e. The number of aryl methyl sites for hydroxylation is 1. The van der Waals surface area contributed by atoms with Crippen LogP contribution in [0.4, 0.5) is 5.69 Å². The molecule has 21 heavy (non-hydrogen) atoms. The lowest BCUT2D eigenvalue weighted by molar-refractivity contribution is -0.117. The number of para-hydroxylation sites is 1. The predicted octanol–water partition coefficient (Wildman–Crippen LogP) is 3.84. The fourth-order valence-electron chi connectivity index (χ4n) is 3.12. The molecule has 3 heteroatoms. The number of carbonyl (C=O) groups excluding carboxylic acids is 1. The molecule has 0 saturated carbocycles. The molecule has 1 aliphatic heterocycles. The van der Waals surface area contributed by atoms with Gasteiger partial charge >= 0.3 is 0 Å². The van der Waals surface area contributed by atoms with Gasteiger partial charge in [0.05, 0.1) is 0 Å². The molecule has 2 unspecified atom stereocenters. The number of hydrogen-bond acceptors (Lipinski definition) is 2. The van der Waals surface area contributed by atoms with E-state index in [9.17, 15) is 4.79 Å². The Morgan fingerprint density at radius 1 is 1.43 bits per heavy atom. The highest BCUT2D eigenvalue weighted by Crippen LogP contribution is 2.28. The van der Waals surface area contributed by atoms with E-state index in [1.54, 1.807) is 0 Å². The highest BCUT2D eigenvalue weighted by molar-refractivity contribution is 5.92. The third-order valence-corrected chi connectivity index (χ3v) is 4.53. The van der Waals surface area contributed by atoms with Crippen molar-refractivity contribution in [1.82, 2.24) is 5.32 Å². The Morgan fingerprint density at radius 3 is 2.86 bits per heavy atom. The number of piperidine rings is 1. The summed E-state index contributed by atoms with van der Waals surface area (Å²) in [6, 6.07) is 6.54. The minimum Gasteiger partial charge on any atom is -0.326 e. The van der Waals surface area contributed by atoms with Crippen LogP contribution in [-0.4, -0.2) is 18.5 Å². The van der Waals surface area contributed by atoms with Gasteiger partial charge in [-0.05, 0) is 49.3 Å². The number of hydrogen-bond donors (Lipinski definition) is 2. The number of benzene rings is 1. The predicted molar refractivity (Wildman–Crippen MR) is 88.7 cm³/mol.